The van der Waals surface area contributed by atoms with E-state index in [4.69, 9.17) is 16.3 Å². The van der Waals surface area contributed by atoms with Gasteiger partial charge in [-0.2, -0.15) is 5.26 Å². The molecular weight excluding hydrogens is 627 g/mol. The maximum atomic E-state index is 16.9. The van der Waals surface area contributed by atoms with Crippen LogP contribution in [0, 0.1) is 17.1 Å². The van der Waals surface area contributed by atoms with Crippen LogP contribution < -0.4 is 9.64 Å². The summed E-state index contributed by atoms with van der Waals surface area (Å²) in [6, 6.07) is 16.3. The highest BCUT2D eigenvalue weighted by Crippen LogP contribution is 2.47. The van der Waals surface area contributed by atoms with E-state index >= 15 is 4.39 Å². The first-order valence-corrected chi connectivity index (χ1v) is 16.3. The van der Waals surface area contributed by atoms with Crippen LogP contribution in [0.4, 0.5) is 18.9 Å². The van der Waals surface area contributed by atoms with Gasteiger partial charge in [0.2, 0.25) is 5.88 Å². The summed E-state index contributed by atoms with van der Waals surface area (Å²) in [5, 5.41) is 13.0. The van der Waals surface area contributed by atoms with Gasteiger partial charge in [-0.05, 0) is 48.9 Å². The van der Waals surface area contributed by atoms with Gasteiger partial charge in [0.1, 0.15) is 29.9 Å². The summed E-state index contributed by atoms with van der Waals surface area (Å²) in [7, 11) is 0. The first kappa shape index (κ1) is 30.0. The zero-order chi connectivity index (χ0) is 32.6. The fraction of sp³-hybridized carbons (Fsp3) is 0.361. The number of halogens is 4. The minimum Gasteiger partial charge on any atom is -0.475 e. The van der Waals surface area contributed by atoms with Gasteiger partial charge in [-0.1, -0.05) is 54.6 Å². The first-order valence-electron chi connectivity index (χ1n) is 15.9. The molecule has 1 aromatic heterocycles. The number of aromatic nitrogens is 1. The molecule has 0 saturated carbocycles. The van der Waals surface area contributed by atoms with Crippen LogP contribution in [0.25, 0.3) is 32.8 Å². The third-order valence-corrected chi connectivity index (χ3v) is 10.9. The smallest absolute Gasteiger partial charge is 0.282 e. The second-order valence-electron chi connectivity index (χ2n) is 13.1. The van der Waals surface area contributed by atoms with Crippen LogP contribution >= 0.6 is 11.6 Å². The number of carbonyl (C=O) groups is 1. The molecule has 4 aliphatic rings. The average Bonchev–Trinajstić information content (AvgIpc) is 3.69. The molecule has 0 radical (unpaired) electrons. The highest BCUT2D eigenvalue weighted by Gasteiger charge is 2.51. The molecule has 11 heteroatoms. The zero-order valence-corrected chi connectivity index (χ0v) is 26.2. The van der Waals surface area contributed by atoms with Crippen molar-refractivity contribution in [3.63, 3.8) is 0 Å². The van der Waals surface area contributed by atoms with Crippen molar-refractivity contribution in [2.75, 3.05) is 37.7 Å². The minimum atomic E-state index is -1.02. The van der Waals surface area contributed by atoms with Crippen LogP contribution in [-0.2, 0) is 4.79 Å². The lowest BCUT2D eigenvalue weighted by Gasteiger charge is -2.48. The van der Waals surface area contributed by atoms with E-state index in [1.807, 2.05) is 35.2 Å². The lowest BCUT2D eigenvalue weighted by atomic mass is 9.92. The zero-order valence-electron chi connectivity index (χ0n) is 25.5. The molecule has 4 aliphatic heterocycles. The summed E-state index contributed by atoms with van der Waals surface area (Å²) in [5.41, 5.74) is 1.01. The number of carbonyl (C=O) groups excluding carboxylic acids is 1. The molecule has 4 saturated heterocycles. The Morgan fingerprint density at radius 1 is 1.13 bits per heavy atom. The van der Waals surface area contributed by atoms with E-state index in [0.717, 1.165) is 24.8 Å². The summed E-state index contributed by atoms with van der Waals surface area (Å²) >= 11 is 6.61. The quantitative estimate of drug-likeness (QED) is 0.209. The SMILES string of the molecule is C=C(F)C(=O)N1CC[C@@H]2[C@H]1CN2c1c(C#N)c(OC[C@@]23CCCN2C[C@H](F)C3)nc2c(F)c(-c3cccc4cccc(Cl)c34)ccc12. The number of benzene rings is 3. The molecule has 0 spiro atoms. The molecule has 4 fully saturated rings. The normalized spacial score (nSPS) is 25.1. The molecule has 0 bridgehead atoms. The third-order valence-electron chi connectivity index (χ3n) is 10.6. The monoisotopic (exact) mass is 657 g/mol. The molecule has 0 N–H and O–H groups in total. The first-order chi connectivity index (χ1) is 22.7. The predicted molar refractivity (Wildman–Crippen MR) is 174 cm³/mol. The standard InChI is InChI=1S/C36H31ClF3N5O2/c1-20(38)35(46)44-14-11-28-29(44)18-45(28)33-25-10-9-24(23-7-2-5-21-6-3-8-27(37)30(21)23)31(40)32(25)42-34(26(33)16-41)47-19-36-12-4-13-43(36)17-22(39)15-36/h2-3,5-10,22,28-29H,1,4,11-15,17-19H2/t22-,28-,29-,36+/m1/s1. The molecule has 8 rings (SSSR count). The molecule has 0 aliphatic carbocycles. The number of anilines is 1. The Bertz CT molecular complexity index is 2030. The fourth-order valence-electron chi connectivity index (χ4n) is 8.43. The van der Waals surface area contributed by atoms with Gasteiger partial charge in [-0.15, -0.1) is 0 Å². The van der Waals surface area contributed by atoms with Crippen molar-refractivity contribution in [1.29, 1.82) is 5.26 Å². The Kier molecular flexibility index (Phi) is 7.12. The van der Waals surface area contributed by atoms with E-state index in [-0.39, 0.29) is 35.7 Å². The Morgan fingerprint density at radius 2 is 1.94 bits per heavy atom. The molecule has 240 valence electrons. The summed E-state index contributed by atoms with van der Waals surface area (Å²) < 4.78 is 51.6. The predicted octanol–water partition coefficient (Wildman–Crippen LogP) is 6.95. The number of amides is 1. The van der Waals surface area contributed by atoms with Gasteiger partial charge in [0, 0.05) is 47.4 Å². The van der Waals surface area contributed by atoms with Gasteiger partial charge in [0.15, 0.2) is 11.6 Å². The second kappa shape index (κ2) is 11.1. The van der Waals surface area contributed by atoms with Crippen LogP contribution in [0.1, 0.15) is 31.2 Å². The van der Waals surface area contributed by atoms with Crippen molar-refractivity contribution in [2.45, 2.75) is 49.5 Å². The van der Waals surface area contributed by atoms with Crippen LogP contribution in [0.5, 0.6) is 5.88 Å². The van der Waals surface area contributed by atoms with E-state index in [1.54, 1.807) is 18.2 Å². The molecule has 4 aromatic rings. The van der Waals surface area contributed by atoms with E-state index in [0.29, 0.717) is 65.1 Å². The molecule has 47 heavy (non-hydrogen) atoms. The number of hydrogen-bond donors (Lipinski definition) is 0. The molecule has 0 unspecified atom stereocenters. The van der Waals surface area contributed by atoms with Gasteiger partial charge < -0.3 is 14.5 Å². The number of nitrogens with zero attached hydrogens (tertiary/aromatic N) is 5. The molecule has 4 atom stereocenters. The van der Waals surface area contributed by atoms with E-state index < -0.39 is 29.3 Å². The maximum absolute atomic E-state index is 16.9. The van der Waals surface area contributed by atoms with Crippen LogP contribution in [0.3, 0.4) is 0 Å². The lowest BCUT2D eigenvalue weighted by molar-refractivity contribution is -0.130. The van der Waals surface area contributed by atoms with Crippen LogP contribution in [-0.4, -0.2) is 77.3 Å². The Balaban J connectivity index is 1.27. The third kappa shape index (κ3) is 4.58. The molecule has 5 heterocycles. The van der Waals surface area contributed by atoms with Crippen molar-refractivity contribution in [3.05, 3.63) is 77.3 Å². The van der Waals surface area contributed by atoms with Gasteiger partial charge >= 0.3 is 0 Å². The number of rotatable bonds is 6. The van der Waals surface area contributed by atoms with E-state index in [1.165, 1.54) is 4.90 Å². The fourth-order valence-corrected chi connectivity index (χ4v) is 8.71. The Hall–Kier alpha value is -4.33. The summed E-state index contributed by atoms with van der Waals surface area (Å²) in [6.45, 7) is 5.06. The van der Waals surface area contributed by atoms with Crippen molar-refractivity contribution in [1.82, 2.24) is 14.8 Å². The number of ether oxygens (including phenoxy) is 1. The molecule has 3 aromatic carbocycles. The Labute approximate surface area is 274 Å². The number of likely N-dealkylation sites (tertiary alicyclic amines) is 1. The summed E-state index contributed by atoms with van der Waals surface area (Å²) in [5.74, 6) is -2.37. The van der Waals surface area contributed by atoms with E-state index in [9.17, 15) is 18.8 Å². The van der Waals surface area contributed by atoms with Gasteiger partial charge in [0.05, 0.1) is 23.3 Å². The summed E-state index contributed by atoms with van der Waals surface area (Å²) in [6.07, 6.45) is 1.58. The number of hydrogen-bond acceptors (Lipinski definition) is 6. The molecule has 7 nitrogen and oxygen atoms in total. The lowest BCUT2D eigenvalue weighted by Crippen LogP contribution is -2.63. The number of fused-ring (bicyclic) bond motifs is 4. The highest BCUT2D eigenvalue weighted by molar-refractivity contribution is 6.36. The molecule has 1 amide bonds. The van der Waals surface area contributed by atoms with Gasteiger partial charge in [-0.25, -0.2) is 18.2 Å². The van der Waals surface area contributed by atoms with Crippen LogP contribution in [0.2, 0.25) is 5.02 Å². The largest absolute Gasteiger partial charge is 0.475 e. The van der Waals surface area contributed by atoms with Gasteiger partial charge in [0.25, 0.3) is 5.91 Å². The van der Waals surface area contributed by atoms with Crippen molar-refractivity contribution in [2.24, 2.45) is 0 Å². The average molecular weight is 658 g/mol. The number of nitriles is 1. The topological polar surface area (TPSA) is 72.7 Å². The number of alkyl halides is 1. The minimum absolute atomic E-state index is 0.0166. The number of pyridine rings is 1. The maximum Gasteiger partial charge on any atom is 0.282 e. The highest BCUT2D eigenvalue weighted by atomic mass is 35.5. The van der Waals surface area contributed by atoms with Crippen LogP contribution in [0.15, 0.2) is 60.9 Å². The van der Waals surface area contributed by atoms with Crippen molar-refractivity contribution in [3.8, 4) is 23.1 Å². The van der Waals surface area contributed by atoms with Crippen molar-refractivity contribution < 1.29 is 22.7 Å². The molecular formula is C36H31ClF3N5O2. The Morgan fingerprint density at radius 3 is 2.72 bits per heavy atom. The second-order valence-corrected chi connectivity index (χ2v) is 13.5. The van der Waals surface area contributed by atoms with E-state index in [2.05, 4.69) is 22.5 Å². The van der Waals surface area contributed by atoms with Gasteiger partial charge in [-0.3, -0.25) is 9.69 Å². The van der Waals surface area contributed by atoms with Crippen molar-refractivity contribution >= 4 is 44.9 Å². The summed E-state index contributed by atoms with van der Waals surface area (Å²) in [4.78, 5) is 22.7.